The summed E-state index contributed by atoms with van der Waals surface area (Å²) in [6.45, 7) is 6.83. The molecule has 1 unspecified atom stereocenters. The van der Waals surface area contributed by atoms with Gasteiger partial charge in [0.25, 0.3) is 0 Å². The van der Waals surface area contributed by atoms with Gasteiger partial charge in [0.2, 0.25) is 0 Å². The molecule has 0 aromatic carbocycles. The van der Waals surface area contributed by atoms with Gasteiger partial charge in [-0.15, -0.1) is 0 Å². The molecular weight excluding hydrogens is 320 g/mol. The Morgan fingerprint density at radius 1 is 1.08 bits per heavy atom. The summed E-state index contributed by atoms with van der Waals surface area (Å²) >= 11 is 0. The number of aromatic nitrogens is 2. The SMILES string of the molecule is O=C1OC(CN2CCOCC2)CC12CCN(Cc1ncccn1)CC2. The van der Waals surface area contributed by atoms with Crippen LogP contribution in [0.3, 0.4) is 0 Å². The molecule has 1 aromatic heterocycles. The predicted octanol–water partition coefficient (Wildman–Crippen LogP) is 0.707. The van der Waals surface area contributed by atoms with Gasteiger partial charge in [0.1, 0.15) is 11.9 Å². The number of rotatable bonds is 4. The van der Waals surface area contributed by atoms with Crippen LogP contribution in [0.2, 0.25) is 0 Å². The summed E-state index contributed by atoms with van der Waals surface area (Å²) in [7, 11) is 0. The first-order chi connectivity index (χ1) is 12.2. The summed E-state index contributed by atoms with van der Waals surface area (Å²) in [6.07, 6.45) is 6.20. The van der Waals surface area contributed by atoms with E-state index in [2.05, 4.69) is 19.8 Å². The lowest BCUT2D eigenvalue weighted by atomic mass is 9.76. The Kier molecular flexibility index (Phi) is 4.96. The number of ether oxygens (including phenoxy) is 2. The fourth-order valence-corrected chi connectivity index (χ4v) is 4.17. The van der Waals surface area contributed by atoms with Gasteiger partial charge in [-0.05, 0) is 32.0 Å². The van der Waals surface area contributed by atoms with Crippen LogP contribution in [0.1, 0.15) is 25.1 Å². The third-order valence-electron chi connectivity index (χ3n) is 5.69. The first-order valence-corrected chi connectivity index (χ1v) is 9.23. The van der Waals surface area contributed by atoms with Crippen molar-refractivity contribution >= 4 is 5.97 Å². The van der Waals surface area contributed by atoms with Crippen LogP contribution in [-0.2, 0) is 20.8 Å². The molecule has 3 aliphatic heterocycles. The topological polar surface area (TPSA) is 67.8 Å². The van der Waals surface area contributed by atoms with Crippen LogP contribution in [0.25, 0.3) is 0 Å². The third-order valence-corrected chi connectivity index (χ3v) is 5.69. The summed E-state index contributed by atoms with van der Waals surface area (Å²) in [4.78, 5) is 25.8. The van der Waals surface area contributed by atoms with Crippen LogP contribution in [0.5, 0.6) is 0 Å². The highest BCUT2D eigenvalue weighted by atomic mass is 16.6. The lowest BCUT2D eigenvalue weighted by Crippen LogP contribution is -2.43. The molecule has 3 aliphatic rings. The van der Waals surface area contributed by atoms with Crippen molar-refractivity contribution in [2.45, 2.75) is 31.9 Å². The normalized spacial score (nSPS) is 27.5. The van der Waals surface area contributed by atoms with Gasteiger partial charge in [-0.1, -0.05) is 0 Å². The molecule has 4 heterocycles. The molecule has 0 radical (unpaired) electrons. The van der Waals surface area contributed by atoms with Gasteiger partial charge in [0.15, 0.2) is 0 Å². The van der Waals surface area contributed by atoms with Crippen molar-refractivity contribution in [3.8, 4) is 0 Å². The Bertz CT molecular complexity index is 583. The second-order valence-electron chi connectivity index (χ2n) is 7.37. The minimum Gasteiger partial charge on any atom is -0.461 e. The summed E-state index contributed by atoms with van der Waals surface area (Å²) in [5.41, 5.74) is -0.273. The van der Waals surface area contributed by atoms with Crippen LogP contribution in [0, 0.1) is 5.41 Å². The van der Waals surface area contributed by atoms with E-state index in [0.717, 1.165) is 77.6 Å². The van der Waals surface area contributed by atoms with Gasteiger partial charge in [-0.25, -0.2) is 9.97 Å². The van der Waals surface area contributed by atoms with Crippen molar-refractivity contribution < 1.29 is 14.3 Å². The highest BCUT2D eigenvalue weighted by molar-refractivity contribution is 5.79. The van der Waals surface area contributed by atoms with E-state index in [-0.39, 0.29) is 17.5 Å². The summed E-state index contributed by atoms with van der Waals surface area (Å²) in [5, 5.41) is 0. The van der Waals surface area contributed by atoms with E-state index in [9.17, 15) is 4.79 Å². The molecule has 136 valence electrons. The fraction of sp³-hybridized carbons (Fsp3) is 0.722. The highest BCUT2D eigenvalue weighted by Crippen LogP contribution is 2.43. The molecule has 4 rings (SSSR count). The summed E-state index contributed by atoms with van der Waals surface area (Å²) < 4.78 is 11.1. The van der Waals surface area contributed by atoms with Gasteiger partial charge in [0, 0.05) is 38.4 Å². The first kappa shape index (κ1) is 16.9. The Morgan fingerprint density at radius 3 is 2.52 bits per heavy atom. The van der Waals surface area contributed by atoms with Crippen LogP contribution in [0.15, 0.2) is 18.5 Å². The first-order valence-electron chi connectivity index (χ1n) is 9.23. The fourth-order valence-electron chi connectivity index (χ4n) is 4.17. The number of morpholine rings is 1. The van der Waals surface area contributed by atoms with Crippen LogP contribution in [-0.4, -0.2) is 77.8 Å². The van der Waals surface area contributed by atoms with E-state index < -0.39 is 0 Å². The van der Waals surface area contributed by atoms with Crippen LogP contribution < -0.4 is 0 Å². The van der Waals surface area contributed by atoms with Gasteiger partial charge in [0.05, 0.1) is 25.2 Å². The highest BCUT2D eigenvalue weighted by Gasteiger charge is 2.50. The van der Waals surface area contributed by atoms with Gasteiger partial charge < -0.3 is 9.47 Å². The molecular formula is C18H26N4O3. The van der Waals surface area contributed by atoms with E-state index in [0.29, 0.717) is 0 Å². The molecule has 3 saturated heterocycles. The zero-order valence-corrected chi connectivity index (χ0v) is 14.6. The van der Waals surface area contributed by atoms with Gasteiger partial charge >= 0.3 is 5.97 Å². The van der Waals surface area contributed by atoms with Crippen molar-refractivity contribution in [3.05, 3.63) is 24.3 Å². The number of piperidine rings is 1. The monoisotopic (exact) mass is 346 g/mol. The van der Waals surface area contributed by atoms with E-state index in [1.54, 1.807) is 12.4 Å². The Morgan fingerprint density at radius 2 is 1.80 bits per heavy atom. The van der Waals surface area contributed by atoms with Crippen LogP contribution in [0.4, 0.5) is 0 Å². The average Bonchev–Trinajstić information content (AvgIpc) is 2.94. The van der Waals surface area contributed by atoms with E-state index in [1.165, 1.54) is 0 Å². The average molecular weight is 346 g/mol. The Balaban J connectivity index is 1.30. The number of nitrogens with zero attached hydrogens (tertiary/aromatic N) is 4. The number of cyclic esters (lactones) is 1. The maximum atomic E-state index is 12.6. The molecule has 0 amide bonds. The van der Waals surface area contributed by atoms with Gasteiger partial charge in [-0.2, -0.15) is 0 Å². The molecule has 1 aromatic rings. The Labute approximate surface area is 148 Å². The molecule has 7 heteroatoms. The maximum Gasteiger partial charge on any atom is 0.312 e. The summed E-state index contributed by atoms with van der Waals surface area (Å²) in [5.74, 6) is 0.860. The zero-order chi connectivity index (χ0) is 17.1. The Hall–Kier alpha value is -1.57. The van der Waals surface area contributed by atoms with E-state index >= 15 is 0 Å². The number of carbonyl (C=O) groups excluding carboxylic acids is 1. The molecule has 3 fully saturated rings. The quantitative estimate of drug-likeness (QED) is 0.744. The molecule has 1 atom stereocenters. The second-order valence-corrected chi connectivity index (χ2v) is 7.37. The molecule has 0 aliphatic carbocycles. The van der Waals surface area contributed by atoms with Crippen molar-refractivity contribution in [2.75, 3.05) is 45.9 Å². The molecule has 7 nitrogen and oxygen atoms in total. The lowest BCUT2D eigenvalue weighted by molar-refractivity contribution is -0.151. The lowest BCUT2D eigenvalue weighted by Gasteiger charge is -2.36. The number of likely N-dealkylation sites (tertiary alicyclic amines) is 1. The second kappa shape index (κ2) is 7.35. The van der Waals surface area contributed by atoms with Gasteiger partial charge in [-0.3, -0.25) is 14.6 Å². The van der Waals surface area contributed by atoms with Crippen molar-refractivity contribution in [1.82, 2.24) is 19.8 Å². The minimum absolute atomic E-state index is 0.0152. The van der Waals surface area contributed by atoms with E-state index in [1.807, 2.05) is 6.07 Å². The number of carbonyl (C=O) groups is 1. The summed E-state index contributed by atoms with van der Waals surface area (Å²) in [6, 6.07) is 1.83. The molecule has 0 bridgehead atoms. The largest absolute Gasteiger partial charge is 0.461 e. The third kappa shape index (κ3) is 3.83. The molecule has 1 spiro atoms. The number of hydrogen-bond acceptors (Lipinski definition) is 7. The number of esters is 1. The number of hydrogen-bond donors (Lipinski definition) is 0. The van der Waals surface area contributed by atoms with Crippen molar-refractivity contribution in [1.29, 1.82) is 0 Å². The maximum absolute atomic E-state index is 12.6. The molecule has 0 N–H and O–H groups in total. The smallest absolute Gasteiger partial charge is 0.312 e. The van der Waals surface area contributed by atoms with Crippen molar-refractivity contribution in [2.24, 2.45) is 5.41 Å². The van der Waals surface area contributed by atoms with Crippen LogP contribution >= 0.6 is 0 Å². The van der Waals surface area contributed by atoms with Crippen molar-refractivity contribution in [3.63, 3.8) is 0 Å². The van der Waals surface area contributed by atoms with E-state index in [4.69, 9.17) is 9.47 Å². The predicted molar refractivity (Wildman–Crippen MR) is 90.7 cm³/mol. The zero-order valence-electron chi connectivity index (χ0n) is 14.6. The molecule has 25 heavy (non-hydrogen) atoms. The molecule has 0 saturated carbocycles. The minimum atomic E-state index is -0.273. The standard InChI is InChI=1S/C18H26N4O3/c23-17-18(12-15(25-17)13-22-8-10-24-11-9-22)2-6-21(7-3-18)14-16-19-4-1-5-20-16/h1,4-5,15H,2-3,6-14H2.